The number of carbonyl (C=O) groups is 1. The smallest absolute Gasteiger partial charge is 0.271 e. The number of nitrogens with two attached hydrogens (primary N) is 1. The van der Waals surface area contributed by atoms with E-state index >= 15 is 0 Å². The van der Waals surface area contributed by atoms with Crippen molar-refractivity contribution in [2.45, 2.75) is 0 Å². The van der Waals surface area contributed by atoms with E-state index in [9.17, 15) is 4.79 Å². The van der Waals surface area contributed by atoms with Gasteiger partial charge < -0.3 is 10.3 Å². The van der Waals surface area contributed by atoms with E-state index in [1.165, 1.54) is 0 Å². The number of nitrogens with one attached hydrogen (secondary N) is 1. The third kappa shape index (κ3) is 2.69. The summed E-state index contributed by atoms with van der Waals surface area (Å²) in [4.78, 5) is 11.9. The Morgan fingerprint density at radius 2 is 1.91 bits per heavy atom. The summed E-state index contributed by atoms with van der Waals surface area (Å²) in [6.45, 7) is 0. The zero-order chi connectivity index (χ0) is 15.5. The molecule has 1 amide bonds. The quantitative estimate of drug-likeness (QED) is 0.442. The van der Waals surface area contributed by atoms with Gasteiger partial charge in [-0.3, -0.25) is 4.79 Å². The number of nitrogen functional groups attached to an aromatic ring is 1. The molecule has 0 aliphatic rings. The lowest BCUT2D eigenvalue weighted by molar-refractivity contribution is 0.0955. The zero-order valence-corrected chi connectivity index (χ0v) is 12.2. The van der Waals surface area contributed by atoms with Crippen molar-refractivity contribution in [2.75, 3.05) is 5.73 Å². The Hall–Kier alpha value is -3.08. The fourth-order valence-electron chi connectivity index (χ4n) is 2.34. The Labute approximate surface area is 128 Å². The summed E-state index contributed by atoms with van der Waals surface area (Å²) in [5, 5.41) is 5.13. The van der Waals surface area contributed by atoms with Crippen molar-refractivity contribution in [2.24, 2.45) is 12.1 Å². The second-order valence-electron chi connectivity index (χ2n) is 5.03. The second-order valence-corrected chi connectivity index (χ2v) is 5.03. The van der Waals surface area contributed by atoms with Crippen LogP contribution < -0.4 is 11.2 Å². The van der Waals surface area contributed by atoms with E-state index in [4.69, 9.17) is 5.73 Å². The molecule has 1 heterocycles. The molecule has 0 saturated carbocycles. The van der Waals surface area contributed by atoms with Crippen molar-refractivity contribution >= 4 is 28.7 Å². The number of rotatable bonds is 3. The van der Waals surface area contributed by atoms with Gasteiger partial charge in [-0.2, -0.15) is 5.10 Å². The van der Waals surface area contributed by atoms with Crippen LogP contribution in [0.1, 0.15) is 15.9 Å². The fourth-order valence-corrected chi connectivity index (χ4v) is 2.34. The number of amides is 1. The molecular weight excluding hydrogens is 276 g/mol. The number of aryl methyl sites for hydroxylation is 1. The van der Waals surface area contributed by atoms with Crippen molar-refractivity contribution in [3.8, 4) is 0 Å². The lowest BCUT2D eigenvalue weighted by Gasteiger charge is -1.99. The summed E-state index contributed by atoms with van der Waals surface area (Å²) in [6, 6.07) is 14.7. The molecule has 0 atom stereocenters. The Kier molecular flexibility index (Phi) is 3.62. The molecule has 1 aromatic heterocycles. The zero-order valence-electron chi connectivity index (χ0n) is 12.2. The van der Waals surface area contributed by atoms with Gasteiger partial charge in [0.25, 0.3) is 5.91 Å². The summed E-state index contributed by atoms with van der Waals surface area (Å²) in [5.41, 5.74) is 11.3. The standard InChI is InChI=1S/C17H16N4O/c1-21-11-13(15-4-2-3-5-16(15)21)10-19-20-17(22)12-6-8-14(18)9-7-12/h2-11H,18H2,1H3,(H,20,22)/b19-10-. The van der Waals surface area contributed by atoms with Gasteiger partial charge >= 0.3 is 0 Å². The van der Waals surface area contributed by atoms with Gasteiger partial charge in [0.15, 0.2) is 0 Å². The minimum atomic E-state index is -0.267. The summed E-state index contributed by atoms with van der Waals surface area (Å²) in [5.74, 6) is -0.267. The van der Waals surface area contributed by atoms with E-state index in [1.54, 1.807) is 30.5 Å². The van der Waals surface area contributed by atoms with Crippen LogP contribution in [0, 0.1) is 0 Å². The number of benzene rings is 2. The summed E-state index contributed by atoms with van der Waals surface area (Å²) >= 11 is 0. The number of carbonyl (C=O) groups excluding carboxylic acids is 1. The first-order chi connectivity index (χ1) is 10.6. The maximum Gasteiger partial charge on any atom is 0.271 e. The molecule has 0 saturated heterocycles. The predicted octanol–water partition coefficient (Wildman–Crippen LogP) is 2.52. The number of para-hydroxylation sites is 1. The molecule has 5 nitrogen and oxygen atoms in total. The molecule has 0 radical (unpaired) electrons. The highest BCUT2D eigenvalue weighted by Crippen LogP contribution is 2.18. The Morgan fingerprint density at radius 1 is 1.18 bits per heavy atom. The average molecular weight is 292 g/mol. The van der Waals surface area contributed by atoms with Crippen molar-refractivity contribution in [1.29, 1.82) is 0 Å². The topological polar surface area (TPSA) is 72.4 Å². The van der Waals surface area contributed by atoms with Crippen LogP contribution >= 0.6 is 0 Å². The molecule has 0 unspecified atom stereocenters. The Morgan fingerprint density at radius 3 is 2.68 bits per heavy atom. The number of hydrogen-bond donors (Lipinski definition) is 2. The van der Waals surface area contributed by atoms with Gasteiger partial charge in [0.2, 0.25) is 0 Å². The molecule has 3 aromatic rings. The maximum absolute atomic E-state index is 11.9. The van der Waals surface area contributed by atoms with Crippen molar-refractivity contribution in [1.82, 2.24) is 9.99 Å². The molecular formula is C17H16N4O. The third-order valence-corrected chi connectivity index (χ3v) is 3.47. The number of fused-ring (bicyclic) bond motifs is 1. The van der Waals surface area contributed by atoms with Crippen LogP contribution in [-0.2, 0) is 7.05 Å². The molecule has 22 heavy (non-hydrogen) atoms. The Balaban J connectivity index is 1.76. The first kappa shape index (κ1) is 13.9. The molecule has 110 valence electrons. The number of aromatic nitrogens is 1. The van der Waals surface area contributed by atoms with Crippen LogP contribution in [-0.4, -0.2) is 16.7 Å². The molecule has 3 rings (SSSR count). The minimum absolute atomic E-state index is 0.267. The van der Waals surface area contributed by atoms with Crippen LogP contribution in [0.15, 0.2) is 59.8 Å². The van der Waals surface area contributed by atoms with E-state index in [0.717, 1.165) is 16.5 Å². The molecule has 0 spiro atoms. The lowest BCUT2D eigenvalue weighted by atomic mass is 10.2. The highest BCUT2D eigenvalue weighted by atomic mass is 16.2. The average Bonchev–Trinajstić information content (AvgIpc) is 2.85. The first-order valence-corrected chi connectivity index (χ1v) is 6.88. The van der Waals surface area contributed by atoms with E-state index in [-0.39, 0.29) is 5.91 Å². The highest BCUT2D eigenvalue weighted by Gasteiger charge is 2.05. The van der Waals surface area contributed by atoms with Gasteiger partial charge in [-0.05, 0) is 30.3 Å². The monoisotopic (exact) mass is 292 g/mol. The number of hydrazone groups is 1. The Bertz CT molecular complexity index is 847. The largest absolute Gasteiger partial charge is 0.399 e. The highest BCUT2D eigenvalue weighted by molar-refractivity contribution is 6.00. The predicted molar refractivity (Wildman–Crippen MR) is 88.8 cm³/mol. The van der Waals surface area contributed by atoms with E-state index < -0.39 is 0 Å². The molecule has 0 bridgehead atoms. The van der Waals surface area contributed by atoms with Gasteiger partial charge in [-0.1, -0.05) is 18.2 Å². The maximum atomic E-state index is 11.9. The van der Waals surface area contributed by atoms with Crippen molar-refractivity contribution in [3.05, 3.63) is 65.9 Å². The number of anilines is 1. The second kappa shape index (κ2) is 5.73. The summed E-state index contributed by atoms with van der Waals surface area (Å²) in [6.07, 6.45) is 3.63. The van der Waals surface area contributed by atoms with Gasteiger partial charge in [0, 0.05) is 41.0 Å². The van der Waals surface area contributed by atoms with Gasteiger partial charge in [-0.15, -0.1) is 0 Å². The first-order valence-electron chi connectivity index (χ1n) is 6.88. The molecule has 3 N–H and O–H groups in total. The van der Waals surface area contributed by atoms with Crippen LogP contribution in [0.3, 0.4) is 0 Å². The van der Waals surface area contributed by atoms with Crippen molar-refractivity contribution in [3.63, 3.8) is 0 Å². The molecule has 0 aliphatic heterocycles. The van der Waals surface area contributed by atoms with E-state index in [1.807, 2.05) is 42.1 Å². The number of hydrogen-bond acceptors (Lipinski definition) is 3. The lowest BCUT2D eigenvalue weighted by Crippen LogP contribution is -2.17. The normalized spacial score (nSPS) is 11.1. The van der Waals surface area contributed by atoms with Crippen LogP contribution in [0.5, 0.6) is 0 Å². The van der Waals surface area contributed by atoms with Gasteiger partial charge in [0.05, 0.1) is 6.21 Å². The van der Waals surface area contributed by atoms with Crippen LogP contribution in [0.2, 0.25) is 0 Å². The minimum Gasteiger partial charge on any atom is -0.399 e. The van der Waals surface area contributed by atoms with E-state index in [0.29, 0.717) is 11.3 Å². The molecule has 5 heteroatoms. The summed E-state index contributed by atoms with van der Waals surface area (Å²) in [7, 11) is 1.98. The number of nitrogens with zero attached hydrogens (tertiary/aromatic N) is 2. The fraction of sp³-hybridized carbons (Fsp3) is 0.0588. The van der Waals surface area contributed by atoms with Gasteiger partial charge in [-0.25, -0.2) is 5.43 Å². The SMILES string of the molecule is Cn1cc(/C=N\NC(=O)c2ccc(N)cc2)c2ccccc21. The third-order valence-electron chi connectivity index (χ3n) is 3.47. The molecule has 0 aliphatic carbocycles. The van der Waals surface area contributed by atoms with Gasteiger partial charge in [0.1, 0.15) is 0 Å². The van der Waals surface area contributed by atoms with Crippen LogP contribution in [0.25, 0.3) is 10.9 Å². The molecule has 0 fully saturated rings. The molecule has 2 aromatic carbocycles. The van der Waals surface area contributed by atoms with Crippen molar-refractivity contribution < 1.29 is 4.79 Å². The van der Waals surface area contributed by atoms with E-state index in [2.05, 4.69) is 10.5 Å². The summed E-state index contributed by atoms with van der Waals surface area (Å²) < 4.78 is 2.03. The van der Waals surface area contributed by atoms with Crippen LogP contribution in [0.4, 0.5) is 5.69 Å².